The smallest absolute Gasteiger partial charge is 0.421 e. The summed E-state index contributed by atoms with van der Waals surface area (Å²) in [6, 6.07) is 33.8. The fraction of sp³-hybridized carbons (Fsp3) is 0.400. The molecule has 394 valence electrons. The van der Waals surface area contributed by atoms with Gasteiger partial charge in [0.05, 0.1) is 36.9 Å². The number of aliphatic hydroxyl groups excluding tert-OH is 1. The van der Waals surface area contributed by atoms with Gasteiger partial charge in [-0.15, -0.1) is 0 Å². The van der Waals surface area contributed by atoms with E-state index in [4.69, 9.17) is 28.4 Å². The van der Waals surface area contributed by atoms with Crippen LogP contribution in [0, 0.1) is 17.8 Å². The van der Waals surface area contributed by atoms with E-state index in [1.165, 1.54) is 7.11 Å². The fourth-order valence-corrected chi connectivity index (χ4v) is 12.4. The monoisotopic (exact) mass is 1030 g/mol. The lowest BCUT2D eigenvalue weighted by Gasteiger charge is -2.46. The second-order valence-corrected chi connectivity index (χ2v) is 20.4. The van der Waals surface area contributed by atoms with Crippen LogP contribution in [0.1, 0.15) is 90.1 Å². The van der Waals surface area contributed by atoms with Crippen LogP contribution in [0.5, 0.6) is 17.2 Å². The molecule has 16 heteroatoms. The summed E-state index contributed by atoms with van der Waals surface area (Å²) in [7, 11) is 1.48. The van der Waals surface area contributed by atoms with E-state index in [2.05, 4.69) is 16.7 Å². The number of carbonyl (C=O) groups is 4. The first-order valence-corrected chi connectivity index (χ1v) is 26.3. The molecule has 1 spiro atoms. The Labute approximate surface area is 442 Å². The van der Waals surface area contributed by atoms with Gasteiger partial charge in [0.2, 0.25) is 18.6 Å². The minimum absolute atomic E-state index is 0.0348. The van der Waals surface area contributed by atoms with E-state index < -0.39 is 65.0 Å². The van der Waals surface area contributed by atoms with E-state index in [9.17, 15) is 15.0 Å². The molecule has 2 N–H and O–H groups in total. The van der Waals surface area contributed by atoms with Crippen molar-refractivity contribution in [1.29, 1.82) is 0 Å². The molecule has 3 saturated heterocycles. The second-order valence-electron chi connectivity index (χ2n) is 20.4. The summed E-state index contributed by atoms with van der Waals surface area (Å²) in [5, 5.41) is 21.5. The van der Waals surface area contributed by atoms with Gasteiger partial charge in [-0.1, -0.05) is 104 Å². The van der Waals surface area contributed by atoms with E-state index >= 15 is 14.4 Å². The molecule has 1 aliphatic carbocycles. The van der Waals surface area contributed by atoms with Crippen molar-refractivity contribution < 1.29 is 57.8 Å². The Bertz CT molecular complexity index is 3000. The van der Waals surface area contributed by atoms with Crippen LogP contribution >= 0.6 is 0 Å². The third-order valence-electron chi connectivity index (χ3n) is 15.9. The minimum atomic E-state index is -2.04. The van der Waals surface area contributed by atoms with Gasteiger partial charge in [0.25, 0.3) is 0 Å². The molecule has 0 radical (unpaired) electrons. The molecule has 11 rings (SSSR count). The molecule has 1 saturated carbocycles. The van der Waals surface area contributed by atoms with Crippen molar-refractivity contribution in [3.8, 4) is 29.1 Å². The number of fused-ring (bicyclic) bond motifs is 4. The first kappa shape index (κ1) is 50.9. The van der Waals surface area contributed by atoms with Crippen LogP contribution in [-0.2, 0) is 40.6 Å². The number of rotatable bonds is 12. The van der Waals surface area contributed by atoms with E-state index in [1.807, 2.05) is 95.9 Å². The number of nitrogens with zero attached hydrogens (tertiary/aromatic N) is 4. The number of piperazine rings is 1. The van der Waals surface area contributed by atoms with Gasteiger partial charge < -0.3 is 43.5 Å². The highest BCUT2D eigenvalue weighted by Crippen LogP contribution is 2.66. The van der Waals surface area contributed by atoms with Crippen LogP contribution in [0.3, 0.4) is 0 Å². The number of methoxy groups -OCH3 is 1. The molecule has 0 bridgehead atoms. The zero-order valence-electron chi connectivity index (χ0n) is 42.5. The van der Waals surface area contributed by atoms with Gasteiger partial charge in [-0.2, -0.15) is 0 Å². The number of morpholine rings is 1. The largest absolute Gasteiger partial charge is 0.491 e. The van der Waals surface area contributed by atoms with E-state index in [1.54, 1.807) is 35.2 Å². The zero-order chi connectivity index (χ0) is 52.4. The lowest BCUT2D eigenvalue weighted by molar-refractivity contribution is -0.179. The van der Waals surface area contributed by atoms with Gasteiger partial charge in [0.15, 0.2) is 11.5 Å². The Hall–Kier alpha value is -7.26. The lowest BCUT2D eigenvalue weighted by Crippen LogP contribution is -2.59. The predicted molar refractivity (Wildman–Crippen MR) is 278 cm³/mol. The third kappa shape index (κ3) is 9.45. The number of benzene rings is 5. The third-order valence-corrected chi connectivity index (χ3v) is 15.9. The first-order chi connectivity index (χ1) is 37.1. The highest BCUT2D eigenvalue weighted by Gasteiger charge is 2.76. The van der Waals surface area contributed by atoms with Crippen LogP contribution in [0.4, 0.5) is 10.5 Å². The number of imide groups is 1. The van der Waals surface area contributed by atoms with Crippen LogP contribution in [-0.4, -0.2) is 127 Å². The van der Waals surface area contributed by atoms with Crippen LogP contribution < -0.4 is 19.1 Å². The van der Waals surface area contributed by atoms with Crippen molar-refractivity contribution in [2.45, 2.75) is 80.3 Å². The number of amides is 3. The Morgan fingerprint density at radius 2 is 1.46 bits per heavy atom. The van der Waals surface area contributed by atoms with Gasteiger partial charge in [0, 0.05) is 45.4 Å². The molecule has 5 aliphatic heterocycles. The molecule has 76 heavy (non-hydrogen) atoms. The number of aliphatic hydroxyl groups is 2. The summed E-state index contributed by atoms with van der Waals surface area (Å²) in [6.07, 6.45) is 2.78. The molecule has 5 aromatic carbocycles. The number of anilines is 1. The number of ether oxygens (including phenoxy) is 6. The molecule has 16 nitrogen and oxygen atoms in total. The van der Waals surface area contributed by atoms with Crippen molar-refractivity contribution in [3.63, 3.8) is 0 Å². The molecule has 5 aromatic rings. The maximum absolute atomic E-state index is 16.7. The Balaban J connectivity index is 1.11. The van der Waals surface area contributed by atoms with Gasteiger partial charge in [-0.25, -0.2) is 9.69 Å². The summed E-state index contributed by atoms with van der Waals surface area (Å²) in [5.41, 5.74) is 0.680. The summed E-state index contributed by atoms with van der Waals surface area (Å²) in [4.78, 5) is 70.6. The van der Waals surface area contributed by atoms with Gasteiger partial charge in [0.1, 0.15) is 42.1 Å². The number of hydrogen-bond donors (Lipinski definition) is 2. The van der Waals surface area contributed by atoms with Crippen molar-refractivity contribution in [3.05, 3.63) is 155 Å². The predicted octanol–water partition coefficient (Wildman–Crippen LogP) is 7.02. The fourth-order valence-electron chi connectivity index (χ4n) is 12.4. The molecule has 5 heterocycles. The number of cyclic esters (lactones) is 1. The molecule has 6 aliphatic rings. The number of esters is 1. The molecule has 3 amide bonds. The van der Waals surface area contributed by atoms with Crippen LogP contribution in [0.15, 0.2) is 121 Å². The first-order valence-electron chi connectivity index (χ1n) is 26.3. The normalized spacial score (nSPS) is 24.8. The molecule has 0 aromatic heterocycles. The lowest BCUT2D eigenvalue weighted by atomic mass is 9.64. The van der Waals surface area contributed by atoms with Crippen LogP contribution in [0.2, 0.25) is 0 Å². The van der Waals surface area contributed by atoms with Crippen molar-refractivity contribution in [2.24, 2.45) is 5.92 Å². The van der Waals surface area contributed by atoms with E-state index in [-0.39, 0.29) is 52.0 Å². The Morgan fingerprint density at radius 3 is 2.17 bits per heavy atom. The van der Waals surface area contributed by atoms with Crippen LogP contribution in [0.25, 0.3) is 0 Å². The average molecular weight is 1030 g/mol. The maximum atomic E-state index is 16.7. The SMILES string of the molecule is COCCOC(=O)N1C(=O)[C@@]2(c3cc(C#CC4(O)CCCCCC4)ccc31)[C@H](c1ccc(OCCO)cc1)N1[C@H](c3ccccc3)[C@H](c3ccccc3)OC(=O)[C@H]1[C@@H]2C(=O)N1CCN(Cc2ccc3c(c2)OCO3)CC1. The van der Waals surface area contributed by atoms with Crippen molar-refractivity contribution in [1.82, 2.24) is 14.7 Å². The Morgan fingerprint density at radius 1 is 0.750 bits per heavy atom. The van der Waals surface area contributed by atoms with Gasteiger partial charge in [-0.05, 0) is 96.0 Å². The molecular weight excluding hydrogens is 969 g/mol. The molecule has 4 fully saturated rings. The summed E-state index contributed by atoms with van der Waals surface area (Å²) in [6.45, 7) is 1.94. The summed E-state index contributed by atoms with van der Waals surface area (Å²) < 4.78 is 34.8. The quantitative estimate of drug-likeness (QED) is 0.0565. The van der Waals surface area contributed by atoms with E-state index in [0.29, 0.717) is 72.0 Å². The van der Waals surface area contributed by atoms with Gasteiger partial charge >= 0.3 is 12.1 Å². The second kappa shape index (κ2) is 21.8. The topological polar surface area (TPSA) is 177 Å². The van der Waals surface area contributed by atoms with Gasteiger partial charge in [-0.3, -0.25) is 24.2 Å². The zero-order valence-corrected chi connectivity index (χ0v) is 42.5. The molecular formula is C60H62N4O12. The highest BCUT2D eigenvalue weighted by atomic mass is 16.7. The minimum Gasteiger partial charge on any atom is -0.491 e. The maximum Gasteiger partial charge on any atom is 0.421 e. The number of carbonyl (C=O) groups excluding carboxylic acids is 4. The average Bonchev–Trinajstić information content (AvgIpc) is 3.78. The van der Waals surface area contributed by atoms with Crippen molar-refractivity contribution >= 4 is 29.6 Å². The Kier molecular flexibility index (Phi) is 14.6. The highest BCUT2D eigenvalue weighted by molar-refractivity contribution is 6.23. The molecule has 0 unspecified atom stereocenters. The standard InChI is InChI=1S/C60H62N4O12/c1-71-34-35-73-58(69)63-47-22-16-40(24-27-59(70)25-10-2-3-11-26-59)36-46(47)60(57(63)68)50(55(66)62-30-28-61(29-31-62)38-41-17-23-48-49(37-41)75-39-74-48)52-56(67)76-53(43-14-8-5-9-15-43)51(42-12-6-4-7-13-42)64(52)54(60)44-18-20-45(21-19-44)72-33-32-65/h4-9,12-23,36-37,50-54,65,70H,2-3,10-11,25-26,28-35,38-39H2,1H3/t50-,51-,52-,53+,54+,60-/m1/s1. The molecule has 6 atom stereocenters. The number of hydrogen-bond acceptors (Lipinski definition) is 14. The van der Waals surface area contributed by atoms with E-state index in [0.717, 1.165) is 41.7 Å². The summed E-state index contributed by atoms with van der Waals surface area (Å²) >= 11 is 0. The van der Waals surface area contributed by atoms with Crippen molar-refractivity contribution in [2.75, 3.05) is 71.4 Å². The summed E-state index contributed by atoms with van der Waals surface area (Å²) in [5.74, 6) is 4.87.